The minimum atomic E-state index is 0.116. The molecular weight excluding hydrogens is 178 g/mol. The summed E-state index contributed by atoms with van der Waals surface area (Å²) in [6, 6.07) is 8.16. The smallest absolute Gasteiger partial charge is 0.0796 e. The number of nitrogens with one attached hydrogen (secondary N) is 1. The molecule has 1 N–H and O–H groups in total. The van der Waals surface area contributed by atoms with E-state index >= 15 is 0 Å². The highest BCUT2D eigenvalue weighted by Gasteiger charge is 2.08. The molecule has 1 aromatic carbocycles. The molecular formula is C11H17NO2. The first kappa shape index (κ1) is 11.2. The lowest BCUT2D eigenvalue weighted by Gasteiger charge is -2.14. The second kappa shape index (κ2) is 5.75. The molecule has 0 saturated carbocycles. The molecule has 0 aliphatic heterocycles. The average molecular weight is 195 g/mol. The standard InChI is InChI=1S/C11H17NO2/c1-9(13-2)11-7-5-4-6-10(11)8-12-14-3/h4-7,9,12H,8H2,1-3H3. The molecule has 3 heteroatoms. The van der Waals surface area contributed by atoms with Gasteiger partial charge in [0, 0.05) is 13.7 Å². The van der Waals surface area contributed by atoms with Crippen molar-refractivity contribution in [3.63, 3.8) is 0 Å². The van der Waals surface area contributed by atoms with Gasteiger partial charge in [0.2, 0.25) is 0 Å². The van der Waals surface area contributed by atoms with Crippen molar-refractivity contribution in [2.45, 2.75) is 19.6 Å². The SMILES string of the molecule is CONCc1ccccc1C(C)OC. The topological polar surface area (TPSA) is 30.5 Å². The zero-order valence-corrected chi connectivity index (χ0v) is 8.91. The first-order valence-corrected chi connectivity index (χ1v) is 4.66. The maximum atomic E-state index is 5.29. The Morgan fingerprint density at radius 1 is 1.29 bits per heavy atom. The fraction of sp³-hybridized carbons (Fsp3) is 0.455. The predicted molar refractivity (Wildman–Crippen MR) is 55.7 cm³/mol. The van der Waals surface area contributed by atoms with Gasteiger partial charge in [0.1, 0.15) is 0 Å². The maximum absolute atomic E-state index is 5.29. The van der Waals surface area contributed by atoms with Crippen LogP contribution in [0.5, 0.6) is 0 Å². The molecule has 0 aliphatic carbocycles. The van der Waals surface area contributed by atoms with E-state index in [0.717, 1.165) is 0 Å². The summed E-state index contributed by atoms with van der Waals surface area (Å²) in [5.74, 6) is 0. The van der Waals surface area contributed by atoms with E-state index < -0.39 is 0 Å². The Kier molecular flexibility index (Phi) is 4.59. The summed E-state index contributed by atoms with van der Waals surface area (Å²) in [5.41, 5.74) is 5.22. The van der Waals surface area contributed by atoms with Crippen molar-refractivity contribution >= 4 is 0 Å². The summed E-state index contributed by atoms with van der Waals surface area (Å²) >= 11 is 0. The summed E-state index contributed by atoms with van der Waals surface area (Å²) in [4.78, 5) is 4.82. The van der Waals surface area contributed by atoms with Crippen molar-refractivity contribution in [3.8, 4) is 0 Å². The van der Waals surface area contributed by atoms with Crippen LogP contribution in [0.1, 0.15) is 24.2 Å². The zero-order valence-electron chi connectivity index (χ0n) is 8.91. The average Bonchev–Trinajstić information content (AvgIpc) is 2.25. The van der Waals surface area contributed by atoms with Gasteiger partial charge in [-0.25, -0.2) is 0 Å². The lowest BCUT2D eigenvalue weighted by molar-refractivity contribution is 0.0842. The fourth-order valence-corrected chi connectivity index (χ4v) is 1.37. The van der Waals surface area contributed by atoms with Crippen LogP contribution in [0.25, 0.3) is 0 Å². The summed E-state index contributed by atoms with van der Waals surface area (Å²) in [7, 11) is 3.33. The third kappa shape index (κ3) is 2.80. The molecule has 0 fully saturated rings. The van der Waals surface area contributed by atoms with Crippen molar-refractivity contribution in [1.82, 2.24) is 5.48 Å². The minimum absolute atomic E-state index is 0.116. The minimum Gasteiger partial charge on any atom is -0.377 e. The highest BCUT2D eigenvalue weighted by Crippen LogP contribution is 2.19. The fourth-order valence-electron chi connectivity index (χ4n) is 1.37. The van der Waals surface area contributed by atoms with E-state index in [1.807, 2.05) is 19.1 Å². The number of rotatable bonds is 5. The molecule has 1 rings (SSSR count). The largest absolute Gasteiger partial charge is 0.377 e. The third-order valence-electron chi connectivity index (χ3n) is 2.25. The summed E-state index contributed by atoms with van der Waals surface area (Å²) in [5, 5.41) is 0. The summed E-state index contributed by atoms with van der Waals surface area (Å²) in [6.07, 6.45) is 0.116. The van der Waals surface area contributed by atoms with Crippen molar-refractivity contribution in [2.24, 2.45) is 0 Å². The van der Waals surface area contributed by atoms with Gasteiger partial charge in [-0.3, -0.25) is 0 Å². The highest BCUT2D eigenvalue weighted by molar-refractivity contribution is 5.28. The van der Waals surface area contributed by atoms with Crippen LogP contribution >= 0.6 is 0 Å². The third-order valence-corrected chi connectivity index (χ3v) is 2.25. The second-order valence-electron chi connectivity index (χ2n) is 3.10. The lowest BCUT2D eigenvalue weighted by Crippen LogP contribution is -2.13. The van der Waals surface area contributed by atoms with Crippen LogP contribution in [0.4, 0.5) is 0 Å². The molecule has 1 aromatic rings. The molecule has 0 aromatic heterocycles. The second-order valence-corrected chi connectivity index (χ2v) is 3.10. The van der Waals surface area contributed by atoms with E-state index in [9.17, 15) is 0 Å². The maximum Gasteiger partial charge on any atom is 0.0796 e. The molecule has 1 unspecified atom stereocenters. The molecule has 3 nitrogen and oxygen atoms in total. The Morgan fingerprint density at radius 2 is 2.00 bits per heavy atom. The Balaban J connectivity index is 2.79. The van der Waals surface area contributed by atoms with Gasteiger partial charge in [-0.05, 0) is 18.1 Å². The van der Waals surface area contributed by atoms with Gasteiger partial charge in [-0.2, -0.15) is 5.48 Å². The van der Waals surface area contributed by atoms with Crippen molar-refractivity contribution < 1.29 is 9.57 Å². The Morgan fingerprint density at radius 3 is 2.64 bits per heavy atom. The molecule has 14 heavy (non-hydrogen) atoms. The number of methoxy groups -OCH3 is 1. The molecule has 0 heterocycles. The van der Waals surface area contributed by atoms with Gasteiger partial charge in [-0.15, -0.1) is 0 Å². The quantitative estimate of drug-likeness (QED) is 0.729. The van der Waals surface area contributed by atoms with E-state index in [4.69, 9.17) is 9.57 Å². The van der Waals surface area contributed by atoms with E-state index in [2.05, 4.69) is 17.6 Å². The molecule has 0 aliphatic rings. The van der Waals surface area contributed by atoms with E-state index in [-0.39, 0.29) is 6.10 Å². The number of ether oxygens (including phenoxy) is 1. The number of hydrogen-bond donors (Lipinski definition) is 1. The van der Waals surface area contributed by atoms with Crippen LogP contribution < -0.4 is 5.48 Å². The first-order chi connectivity index (χ1) is 6.79. The van der Waals surface area contributed by atoms with Gasteiger partial charge in [0.15, 0.2) is 0 Å². The molecule has 0 radical (unpaired) electrons. The first-order valence-electron chi connectivity index (χ1n) is 4.66. The van der Waals surface area contributed by atoms with Crippen LogP contribution in [0.15, 0.2) is 24.3 Å². The molecule has 0 bridgehead atoms. The van der Waals surface area contributed by atoms with Crippen LogP contribution in [-0.2, 0) is 16.1 Å². The zero-order chi connectivity index (χ0) is 10.4. The predicted octanol–water partition coefficient (Wildman–Crippen LogP) is 2.04. The Bertz CT molecular complexity index is 276. The number of hydrogen-bond acceptors (Lipinski definition) is 3. The molecule has 0 amide bonds. The van der Waals surface area contributed by atoms with Gasteiger partial charge in [0.05, 0.1) is 13.2 Å². The van der Waals surface area contributed by atoms with Crippen molar-refractivity contribution in [2.75, 3.05) is 14.2 Å². The molecule has 0 saturated heterocycles. The Labute approximate surface area is 85.0 Å². The van der Waals surface area contributed by atoms with Crippen LogP contribution in [0, 0.1) is 0 Å². The van der Waals surface area contributed by atoms with Gasteiger partial charge >= 0.3 is 0 Å². The van der Waals surface area contributed by atoms with Crippen molar-refractivity contribution in [3.05, 3.63) is 35.4 Å². The molecule has 1 atom stereocenters. The van der Waals surface area contributed by atoms with Crippen LogP contribution in [0.2, 0.25) is 0 Å². The van der Waals surface area contributed by atoms with Gasteiger partial charge < -0.3 is 9.57 Å². The van der Waals surface area contributed by atoms with Crippen LogP contribution in [-0.4, -0.2) is 14.2 Å². The van der Waals surface area contributed by atoms with Gasteiger partial charge in [0.25, 0.3) is 0 Å². The summed E-state index contributed by atoms with van der Waals surface area (Å²) < 4.78 is 5.29. The number of benzene rings is 1. The molecule has 78 valence electrons. The monoisotopic (exact) mass is 195 g/mol. The lowest BCUT2D eigenvalue weighted by atomic mass is 10.0. The normalized spacial score (nSPS) is 12.8. The number of hydroxylamine groups is 1. The van der Waals surface area contributed by atoms with Crippen molar-refractivity contribution in [1.29, 1.82) is 0 Å². The van der Waals surface area contributed by atoms with E-state index in [0.29, 0.717) is 6.54 Å². The van der Waals surface area contributed by atoms with E-state index in [1.165, 1.54) is 11.1 Å². The van der Waals surface area contributed by atoms with E-state index in [1.54, 1.807) is 14.2 Å². The Hall–Kier alpha value is -0.900. The molecule has 0 spiro atoms. The highest BCUT2D eigenvalue weighted by atomic mass is 16.6. The van der Waals surface area contributed by atoms with Gasteiger partial charge in [-0.1, -0.05) is 24.3 Å². The summed E-state index contributed by atoms with van der Waals surface area (Å²) in [6.45, 7) is 2.73. The van der Waals surface area contributed by atoms with Crippen LogP contribution in [0.3, 0.4) is 0 Å².